The number of nitro groups is 1. The standard InChI is InChI=1S/C15H12F2N2O3S/c1-9(23-12-6-7-13(16)14(17)8-12)15(20)18-10-2-4-11(5-3-10)19(21)22/h2-9H,1H3,(H,18,20). The molecule has 0 aliphatic rings. The molecule has 0 saturated carbocycles. The maximum absolute atomic E-state index is 13.1. The van der Waals surface area contributed by atoms with E-state index >= 15 is 0 Å². The van der Waals surface area contributed by atoms with Gasteiger partial charge in [-0.2, -0.15) is 0 Å². The summed E-state index contributed by atoms with van der Waals surface area (Å²) in [5.74, 6) is -2.27. The molecule has 0 aliphatic carbocycles. The van der Waals surface area contributed by atoms with Crippen molar-refractivity contribution in [2.24, 2.45) is 0 Å². The Hall–Kier alpha value is -2.48. The number of nitrogens with one attached hydrogen (secondary N) is 1. The number of hydrogen-bond donors (Lipinski definition) is 1. The monoisotopic (exact) mass is 338 g/mol. The SMILES string of the molecule is CC(Sc1ccc(F)c(F)c1)C(=O)Nc1ccc([N+](=O)[O-])cc1. The van der Waals surface area contributed by atoms with Gasteiger partial charge in [0.1, 0.15) is 0 Å². The van der Waals surface area contributed by atoms with Crippen LogP contribution in [0.1, 0.15) is 6.92 Å². The van der Waals surface area contributed by atoms with Gasteiger partial charge in [-0.25, -0.2) is 8.78 Å². The van der Waals surface area contributed by atoms with E-state index in [1.165, 1.54) is 30.3 Å². The molecule has 1 amide bonds. The van der Waals surface area contributed by atoms with Crippen LogP contribution in [0.5, 0.6) is 0 Å². The van der Waals surface area contributed by atoms with Crippen LogP contribution in [0.25, 0.3) is 0 Å². The molecule has 1 unspecified atom stereocenters. The van der Waals surface area contributed by atoms with Crippen molar-refractivity contribution in [1.82, 2.24) is 0 Å². The number of benzene rings is 2. The summed E-state index contributed by atoms with van der Waals surface area (Å²) in [5.41, 5.74) is 0.338. The van der Waals surface area contributed by atoms with Gasteiger partial charge in [-0.15, -0.1) is 11.8 Å². The zero-order valence-electron chi connectivity index (χ0n) is 12.0. The Kier molecular flexibility index (Phi) is 5.28. The number of thioether (sulfide) groups is 1. The van der Waals surface area contributed by atoms with Crippen molar-refractivity contribution in [1.29, 1.82) is 0 Å². The number of non-ortho nitro benzene ring substituents is 1. The van der Waals surface area contributed by atoms with E-state index in [1.807, 2.05) is 0 Å². The highest BCUT2D eigenvalue weighted by Crippen LogP contribution is 2.26. The predicted octanol–water partition coefficient (Wildman–Crippen LogP) is 3.99. The number of anilines is 1. The van der Waals surface area contributed by atoms with Crippen LogP contribution in [0.3, 0.4) is 0 Å². The molecular weight excluding hydrogens is 326 g/mol. The number of rotatable bonds is 5. The smallest absolute Gasteiger partial charge is 0.269 e. The van der Waals surface area contributed by atoms with Crippen LogP contribution in [-0.4, -0.2) is 16.1 Å². The van der Waals surface area contributed by atoms with Gasteiger partial charge in [-0.05, 0) is 37.3 Å². The Morgan fingerprint density at radius 1 is 1.17 bits per heavy atom. The fraction of sp³-hybridized carbons (Fsp3) is 0.133. The Morgan fingerprint density at radius 2 is 1.83 bits per heavy atom. The van der Waals surface area contributed by atoms with E-state index in [4.69, 9.17) is 0 Å². The number of amides is 1. The van der Waals surface area contributed by atoms with E-state index in [1.54, 1.807) is 6.92 Å². The van der Waals surface area contributed by atoms with Gasteiger partial charge in [-0.1, -0.05) is 0 Å². The molecule has 0 spiro atoms. The first-order valence-corrected chi connectivity index (χ1v) is 7.42. The molecule has 0 radical (unpaired) electrons. The average Bonchev–Trinajstić information content (AvgIpc) is 2.51. The Bertz CT molecular complexity index is 738. The van der Waals surface area contributed by atoms with E-state index in [9.17, 15) is 23.7 Å². The molecule has 0 heterocycles. The third-order valence-electron chi connectivity index (χ3n) is 2.92. The molecule has 8 heteroatoms. The van der Waals surface area contributed by atoms with Crippen LogP contribution in [0.4, 0.5) is 20.2 Å². The molecule has 2 aromatic rings. The fourth-order valence-corrected chi connectivity index (χ4v) is 2.61. The third-order valence-corrected chi connectivity index (χ3v) is 4.01. The van der Waals surface area contributed by atoms with Crippen molar-refractivity contribution in [2.45, 2.75) is 17.1 Å². The van der Waals surface area contributed by atoms with Crippen LogP contribution in [0.2, 0.25) is 0 Å². The zero-order chi connectivity index (χ0) is 17.0. The second kappa shape index (κ2) is 7.19. The first-order valence-electron chi connectivity index (χ1n) is 6.54. The lowest BCUT2D eigenvalue weighted by molar-refractivity contribution is -0.384. The molecular formula is C15H12F2N2O3S. The summed E-state index contributed by atoms with van der Waals surface area (Å²) in [5, 5.41) is 12.6. The molecule has 1 N–H and O–H groups in total. The minimum atomic E-state index is -0.974. The predicted molar refractivity (Wildman–Crippen MR) is 83.4 cm³/mol. The quantitative estimate of drug-likeness (QED) is 0.508. The van der Waals surface area contributed by atoms with E-state index in [0.29, 0.717) is 10.6 Å². The van der Waals surface area contributed by atoms with Gasteiger partial charge in [0.05, 0.1) is 10.2 Å². The van der Waals surface area contributed by atoms with E-state index < -0.39 is 21.8 Å². The van der Waals surface area contributed by atoms with Gasteiger partial charge >= 0.3 is 0 Å². The number of halogens is 2. The highest BCUT2D eigenvalue weighted by atomic mass is 32.2. The Balaban J connectivity index is 1.99. The summed E-state index contributed by atoms with van der Waals surface area (Å²) in [4.78, 5) is 22.5. The van der Waals surface area contributed by atoms with Crippen molar-refractivity contribution in [3.8, 4) is 0 Å². The molecule has 0 saturated heterocycles. The normalized spacial score (nSPS) is 11.8. The summed E-state index contributed by atoms with van der Waals surface area (Å²) < 4.78 is 26.0. The van der Waals surface area contributed by atoms with Gasteiger partial charge in [0, 0.05) is 22.7 Å². The minimum absolute atomic E-state index is 0.0767. The molecule has 2 aromatic carbocycles. The summed E-state index contributed by atoms with van der Waals surface area (Å²) in [6.45, 7) is 1.62. The van der Waals surface area contributed by atoms with E-state index in [-0.39, 0.29) is 11.6 Å². The largest absolute Gasteiger partial charge is 0.325 e. The van der Waals surface area contributed by atoms with Gasteiger partial charge in [0.25, 0.3) is 5.69 Å². The summed E-state index contributed by atoms with van der Waals surface area (Å²) in [6, 6.07) is 8.81. The molecule has 0 aromatic heterocycles. The molecule has 0 bridgehead atoms. The second-order valence-corrected chi connectivity index (χ2v) is 6.04. The van der Waals surface area contributed by atoms with Crippen LogP contribution >= 0.6 is 11.8 Å². The summed E-state index contributed by atoms with van der Waals surface area (Å²) in [6.07, 6.45) is 0. The van der Waals surface area contributed by atoms with E-state index in [2.05, 4.69) is 5.32 Å². The van der Waals surface area contributed by atoms with Crippen molar-refractivity contribution >= 4 is 29.0 Å². The second-order valence-electron chi connectivity index (χ2n) is 4.63. The first kappa shape index (κ1) is 16.9. The lowest BCUT2D eigenvalue weighted by Gasteiger charge is -2.12. The fourth-order valence-electron chi connectivity index (χ4n) is 1.72. The summed E-state index contributed by atoms with van der Waals surface area (Å²) in [7, 11) is 0. The van der Waals surface area contributed by atoms with Gasteiger partial charge in [0.15, 0.2) is 11.6 Å². The highest BCUT2D eigenvalue weighted by Gasteiger charge is 2.16. The topological polar surface area (TPSA) is 72.2 Å². The van der Waals surface area contributed by atoms with Gasteiger partial charge in [0.2, 0.25) is 5.91 Å². The zero-order valence-corrected chi connectivity index (χ0v) is 12.8. The van der Waals surface area contributed by atoms with Crippen molar-refractivity contribution in [2.75, 3.05) is 5.32 Å². The van der Waals surface area contributed by atoms with Gasteiger partial charge < -0.3 is 5.32 Å². The number of nitro benzene ring substituents is 1. The minimum Gasteiger partial charge on any atom is -0.325 e. The summed E-state index contributed by atoms with van der Waals surface area (Å²) >= 11 is 1.07. The molecule has 1 atom stereocenters. The van der Waals surface area contributed by atoms with Crippen molar-refractivity contribution < 1.29 is 18.5 Å². The Labute approximate surface area is 134 Å². The van der Waals surface area contributed by atoms with Gasteiger partial charge in [-0.3, -0.25) is 14.9 Å². The lowest BCUT2D eigenvalue weighted by Crippen LogP contribution is -2.22. The lowest BCUT2D eigenvalue weighted by atomic mass is 10.3. The molecule has 0 aliphatic heterocycles. The number of carbonyl (C=O) groups is 1. The first-order chi connectivity index (χ1) is 10.9. The number of hydrogen-bond acceptors (Lipinski definition) is 4. The molecule has 5 nitrogen and oxygen atoms in total. The van der Waals surface area contributed by atoms with E-state index in [0.717, 1.165) is 23.9 Å². The molecule has 0 fully saturated rings. The van der Waals surface area contributed by atoms with Crippen molar-refractivity contribution in [3.05, 3.63) is 64.2 Å². The third kappa shape index (κ3) is 4.49. The van der Waals surface area contributed by atoms with Crippen molar-refractivity contribution in [3.63, 3.8) is 0 Å². The van der Waals surface area contributed by atoms with Crippen LogP contribution in [0.15, 0.2) is 47.4 Å². The number of nitrogens with zero attached hydrogens (tertiary/aromatic N) is 1. The molecule has 120 valence electrons. The maximum atomic E-state index is 13.1. The average molecular weight is 338 g/mol. The number of carbonyl (C=O) groups excluding carboxylic acids is 1. The van der Waals surface area contributed by atoms with Crippen LogP contribution in [0, 0.1) is 21.7 Å². The van der Waals surface area contributed by atoms with Crippen LogP contribution < -0.4 is 5.32 Å². The maximum Gasteiger partial charge on any atom is 0.269 e. The molecule has 23 heavy (non-hydrogen) atoms. The van der Waals surface area contributed by atoms with Crippen LogP contribution in [-0.2, 0) is 4.79 Å². The molecule has 2 rings (SSSR count). The Morgan fingerprint density at radius 3 is 2.39 bits per heavy atom. The highest BCUT2D eigenvalue weighted by molar-refractivity contribution is 8.00.